The van der Waals surface area contributed by atoms with Crippen molar-refractivity contribution in [3.63, 3.8) is 0 Å². The van der Waals surface area contributed by atoms with Gasteiger partial charge >= 0.3 is 0 Å². The Labute approximate surface area is 131 Å². The molecule has 3 aromatic rings. The molecule has 0 aliphatic carbocycles. The van der Waals surface area contributed by atoms with E-state index >= 15 is 0 Å². The minimum Gasteiger partial charge on any atom is -0.398 e. The van der Waals surface area contributed by atoms with Crippen LogP contribution in [0.2, 0.25) is 10.0 Å². The van der Waals surface area contributed by atoms with E-state index in [9.17, 15) is 0 Å². The van der Waals surface area contributed by atoms with Crippen molar-refractivity contribution in [2.24, 2.45) is 0 Å². The molecule has 1 heterocycles. The highest BCUT2D eigenvalue weighted by Gasteiger charge is 2.12. The second-order valence-electron chi connectivity index (χ2n) is 4.54. The van der Waals surface area contributed by atoms with E-state index in [0.717, 1.165) is 11.1 Å². The number of hydrogen-bond acceptors (Lipinski definition) is 4. The second-order valence-corrected chi connectivity index (χ2v) is 5.39. The van der Waals surface area contributed by atoms with Gasteiger partial charge in [-0.25, -0.2) is 0 Å². The summed E-state index contributed by atoms with van der Waals surface area (Å²) in [6.07, 6.45) is 0. The zero-order valence-corrected chi connectivity index (χ0v) is 12.3. The van der Waals surface area contributed by atoms with Crippen LogP contribution in [0.15, 0.2) is 47.0 Å². The molecule has 0 amide bonds. The largest absolute Gasteiger partial charge is 0.398 e. The molecule has 4 N–H and O–H groups in total. The molecule has 0 unspecified atom stereocenters. The number of nitrogens with zero attached hydrogens (tertiary/aromatic N) is 1. The maximum absolute atomic E-state index is 6.01. The highest BCUT2D eigenvalue weighted by atomic mass is 35.5. The van der Waals surface area contributed by atoms with Crippen molar-refractivity contribution < 1.29 is 4.52 Å². The standard InChI is InChI=1S/C15H11Cl2N3O/c16-9-2-4-12(18)10(6-9)14-7-15(21-20-14)8-1-3-13(19)11(17)5-8/h1-7H,18-19H2. The number of hydrogen-bond donors (Lipinski definition) is 2. The topological polar surface area (TPSA) is 78.1 Å². The predicted molar refractivity (Wildman–Crippen MR) is 86.2 cm³/mol. The quantitative estimate of drug-likeness (QED) is 0.682. The summed E-state index contributed by atoms with van der Waals surface area (Å²) in [7, 11) is 0. The Morgan fingerprint density at radius 3 is 2.43 bits per heavy atom. The molecule has 0 fully saturated rings. The number of nitrogen functional groups attached to an aromatic ring is 2. The van der Waals surface area contributed by atoms with Crippen LogP contribution in [0.5, 0.6) is 0 Å². The van der Waals surface area contributed by atoms with Gasteiger partial charge in [-0.05, 0) is 36.4 Å². The van der Waals surface area contributed by atoms with Gasteiger partial charge in [-0.3, -0.25) is 0 Å². The number of halogens is 2. The highest BCUT2D eigenvalue weighted by Crippen LogP contribution is 2.33. The minimum atomic E-state index is 0.465. The van der Waals surface area contributed by atoms with Crippen LogP contribution in [0.3, 0.4) is 0 Å². The molecule has 2 aromatic carbocycles. The molecule has 21 heavy (non-hydrogen) atoms. The van der Waals surface area contributed by atoms with E-state index in [1.807, 2.05) is 6.07 Å². The fourth-order valence-electron chi connectivity index (χ4n) is 1.97. The van der Waals surface area contributed by atoms with Crippen LogP contribution in [-0.2, 0) is 0 Å². The zero-order chi connectivity index (χ0) is 15.0. The first-order chi connectivity index (χ1) is 10.0. The lowest BCUT2D eigenvalue weighted by Gasteiger charge is -2.01. The lowest BCUT2D eigenvalue weighted by Crippen LogP contribution is -1.89. The van der Waals surface area contributed by atoms with Gasteiger partial charge in [-0.15, -0.1) is 0 Å². The monoisotopic (exact) mass is 319 g/mol. The minimum absolute atomic E-state index is 0.465. The van der Waals surface area contributed by atoms with Gasteiger partial charge in [0.15, 0.2) is 5.76 Å². The molecular formula is C15H11Cl2N3O. The molecule has 0 aliphatic heterocycles. The van der Waals surface area contributed by atoms with Gasteiger partial charge in [0.25, 0.3) is 0 Å². The van der Waals surface area contributed by atoms with Crippen LogP contribution in [0.1, 0.15) is 0 Å². The first kappa shape index (κ1) is 13.8. The number of aromatic nitrogens is 1. The Morgan fingerprint density at radius 2 is 1.67 bits per heavy atom. The summed E-state index contributed by atoms with van der Waals surface area (Å²) < 4.78 is 5.35. The Kier molecular flexibility index (Phi) is 3.49. The van der Waals surface area contributed by atoms with Crippen LogP contribution in [0.25, 0.3) is 22.6 Å². The molecule has 0 saturated heterocycles. The molecule has 106 valence electrons. The summed E-state index contributed by atoms with van der Waals surface area (Å²) in [5.74, 6) is 0.575. The Balaban J connectivity index is 2.03. The molecule has 0 bridgehead atoms. The van der Waals surface area contributed by atoms with Crippen molar-refractivity contribution in [3.8, 4) is 22.6 Å². The predicted octanol–water partition coefficient (Wildman–Crippen LogP) is 4.48. The van der Waals surface area contributed by atoms with Gasteiger partial charge in [0, 0.05) is 27.9 Å². The summed E-state index contributed by atoms with van der Waals surface area (Å²) >= 11 is 12.0. The van der Waals surface area contributed by atoms with E-state index in [2.05, 4.69) is 5.16 Å². The number of nitrogens with two attached hydrogens (primary N) is 2. The third kappa shape index (κ3) is 2.68. The van der Waals surface area contributed by atoms with E-state index < -0.39 is 0 Å². The van der Waals surface area contributed by atoms with Gasteiger partial charge in [-0.1, -0.05) is 28.4 Å². The molecule has 6 heteroatoms. The van der Waals surface area contributed by atoms with Gasteiger partial charge in [-0.2, -0.15) is 0 Å². The van der Waals surface area contributed by atoms with Crippen LogP contribution < -0.4 is 11.5 Å². The molecule has 0 saturated carbocycles. The third-order valence-corrected chi connectivity index (χ3v) is 3.65. The lowest BCUT2D eigenvalue weighted by atomic mass is 10.1. The summed E-state index contributed by atoms with van der Waals surface area (Å²) in [6.45, 7) is 0. The summed E-state index contributed by atoms with van der Waals surface area (Å²) in [5, 5.41) is 5.08. The highest BCUT2D eigenvalue weighted by molar-refractivity contribution is 6.33. The van der Waals surface area contributed by atoms with Crippen molar-refractivity contribution in [2.45, 2.75) is 0 Å². The molecule has 0 spiro atoms. The van der Waals surface area contributed by atoms with Gasteiger partial charge in [0.2, 0.25) is 0 Å². The molecule has 3 rings (SSSR count). The Hall–Kier alpha value is -2.17. The van der Waals surface area contributed by atoms with E-state index in [4.69, 9.17) is 39.2 Å². The maximum Gasteiger partial charge on any atom is 0.167 e. The Bertz CT molecular complexity index is 814. The smallest absolute Gasteiger partial charge is 0.167 e. The fraction of sp³-hybridized carbons (Fsp3) is 0. The SMILES string of the molecule is Nc1ccc(-c2cc(-c3cc(Cl)ccc3N)no2)cc1Cl. The molecule has 4 nitrogen and oxygen atoms in total. The third-order valence-electron chi connectivity index (χ3n) is 3.09. The normalized spacial score (nSPS) is 10.8. The van der Waals surface area contributed by atoms with E-state index in [1.54, 1.807) is 36.4 Å². The van der Waals surface area contributed by atoms with Crippen LogP contribution >= 0.6 is 23.2 Å². The molecule has 0 aliphatic rings. The fourth-order valence-corrected chi connectivity index (χ4v) is 2.32. The molecular weight excluding hydrogens is 309 g/mol. The zero-order valence-electron chi connectivity index (χ0n) is 10.8. The molecule has 0 atom stereocenters. The number of benzene rings is 2. The first-order valence-corrected chi connectivity index (χ1v) is 6.87. The Morgan fingerprint density at radius 1 is 0.905 bits per heavy atom. The van der Waals surface area contributed by atoms with Gasteiger partial charge in [0.05, 0.1) is 10.7 Å². The van der Waals surface area contributed by atoms with Crippen LogP contribution in [-0.4, -0.2) is 5.16 Å². The van der Waals surface area contributed by atoms with Gasteiger partial charge in [0.1, 0.15) is 5.69 Å². The van der Waals surface area contributed by atoms with Crippen molar-refractivity contribution in [3.05, 3.63) is 52.5 Å². The van der Waals surface area contributed by atoms with Crippen molar-refractivity contribution in [2.75, 3.05) is 11.5 Å². The number of anilines is 2. The van der Waals surface area contributed by atoms with Gasteiger partial charge < -0.3 is 16.0 Å². The average Bonchev–Trinajstić information content (AvgIpc) is 2.94. The average molecular weight is 320 g/mol. The maximum atomic E-state index is 6.01. The van der Waals surface area contributed by atoms with Crippen LogP contribution in [0, 0.1) is 0 Å². The number of rotatable bonds is 2. The van der Waals surface area contributed by atoms with Crippen molar-refractivity contribution in [1.82, 2.24) is 5.16 Å². The van der Waals surface area contributed by atoms with Crippen molar-refractivity contribution in [1.29, 1.82) is 0 Å². The molecule has 0 radical (unpaired) electrons. The van der Waals surface area contributed by atoms with Crippen LogP contribution in [0.4, 0.5) is 11.4 Å². The van der Waals surface area contributed by atoms with E-state index in [-0.39, 0.29) is 0 Å². The summed E-state index contributed by atoms with van der Waals surface area (Å²) in [6, 6.07) is 12.2. The van der Waals surface area contributed by atoms with E-state index in [1.165, 1.54) is 0 Å². The lowest BCUT2D eigenvalue weighted by molar-refractivity contribution is 0.435. The summed E-state index contributed by atoms with van der Waals surface area (Å²) in [5.41, 5.74) is 14.8. The first-order valence-electron chi connectivity index (χ1n) is 6.12. The van der Waals surface area contributed by atoms with Crippen molar-refractivity contribution >= 4 is 34.6 Å². The molecule has 1 aromatic heterocycles. The second kappa shape index (κ2) is 5.31. The van der Waals surface area contributed by atoms with E-state index in [0.29, 0.717) is 32.9 Å². The summed E-state index contributed by atoms with van der Waals surface area (Å²) in [4.78, 5) is 0.